The van der Waals surface area contributed by atoms with Gasteiger partial charge in [0.1, 0.15) is 23.3 Å². The highest BCUT2D eigenvalue weighted by atomic mass is 32.2. The van der Waals surface area contributed by atoms with Crippen molar-refractivity contribution in [1.29, 1.82) is 5.26 Å². The molecule has 0 fully saturated rings. The van der Waals surface area contributed by atoms with E-state index in [-0.39, 0.29) is 5.82 Å². The SMILES string of the molecule is CCCSc1nc(NCCc2c[nH]c3ccccc23)c(C#N)c(-c2ccc(F)cc2)n1. The summed E-state index contributed by atoms with van der Waals surface area (Å²) < 4.78 is 13.4. The summed E-state index contributed by atoms with van der Waals surface area (Å²) >= 11 is 1.55. The third-order valence-electron chi connectivity index (χ3n) is 4.91. The van der Waals surface area contributed by atoms with E-state index in [1.54, 1.807) is 23.9 Å². The molecule has 0 aliphatic rings. The lowest BCUT2D eigenvalue weighted by Crippen LogP contribution is -2.10. The number of fused-ring (bicyclic) bond motifs is 1. The quantitative estimate of drug-likeness (QED) is 0.273. The molecule has 4 rings (SSSR count). The van der Waals surface area contributed by atoms with Gasteiger partial charge in [0.2, 0.25) is 0 Å². The van der Waals surface area contributed by atoms with E-state index < -0.39 is 0 Å². The Bertz CT molecular complexity index is 1230. The predicted molar refractivity (Wildman–Crippen MR) is 124 cm³/mol. The number of para-hydroxylation sites is 1. The molecule has 4 aromatic rings. The molecule has 0 bridgehead atoms. The molecule has 5 nitrogen and oxygen atoms in total. The maximum Gasteiger partial charge on any atom is 0.190 e. The highest BCUT2D eigenvalue weighted by Gasteiger charge is 2.16. The van der Waals surface area contributed by atoms with Crippen LogP contribution in [0.3, 0.4) is 0 Å². The van der Waals surface area contributed by atoms with Crippen LogP contribution in [0.2, 0.25) is 0 Å². The minimum Gasteiger partial charge on any atom is -0.368 e. The summed E-state index contributed by atoms with van der Waals surface area (Å²) in [6.45, 7) is 2.71. The highest BCUT2D eigenvalue weighted by Crippen LogP contribution is 2.29. The zero-order chi connectivity index (χ0) is 21.6. The van der Waals surface area contributed by atoms with Crippen molar-refractivity contribution in [2.45, 2.75) is 24.9 Å². The van der Waals surface area contributed by atoms with Crippen molar-refractivity contribution >= 4 is 28.5 Å². The van der Waals surface area contributed by atoms with Gasteiger partial charge in [-0.05, 0) is 48.7 Å². The lowest BCUT2D eigenvalue weighted by atomic mass is 10.1. The fourth-order valence-corrected chi connectivity index (χ4v) is 4.10. The minimum absolute atomic E-state index is 0.325. The number of halogens is 1. The Kier molecular flexibility index (Phi) is 6.48. The molecule has 2 aromatic heterocycles. The zero-order valence-corrected chi connectivity index (χ0v) is 18.0. The van der Waals surface area contributed by atoms with Crippen LogP contribution in [0, 0.1) is 17.1 Å². The van der Waals surface area contributed by atoms with Gasteiger partial charge in [0.05, 0.1) is 5.69 Å². The van der Waals surface area contributed by atoms with Crippen molar-refractivity contribution < 1.29 is 4.39 Å². The summed E-state index contributed by atoms with van der Waals surface area (Å²) in [5, 5.41) is 15.0. The van der Waals surface area contributed by atoms with Crippen LogP contribution in [0.4, 0.5) is 10.2 Å². The number of thioether (sulfide) groups is 1. The van der Waals surface area contributed by atoms with Gasteiger partial charge < -0.3 is 10.3 Å². The van der Waals surface area contributed by atoms with E-state index in [4.69, 9.17) is 0 Å². The van der Waals surface area contributed by atoms with Crippen LogP contribution in [0.5, 0.6) is 0 Å². The Hall–Kier alpha value is -3.37. The molecular weight excluding hydrogens is 409 g/mol. The Morgan fingerprint density at radius 3 is 2.71 bits per heavy atom. The van der Waals surface area contributed by atoms with Gasteiger partial charge in [0, 0.05) is 35.0 Å². The second-order valence-corrected chi connectivity index (χ2v) is 8.14. The van der Waals surface area contributed by atoms with Gasteiger partial charge in [-0.15, -0.1) is 0 Å². The van der Waals surface area contributed by atoms with Gasteiger partial charge in [-0.1, -0.05) is 36.9 Å². The summed E-state index contributed by atoms with van der Waals surface area (Å²) in [4.78, 5) is 12.5. The summed E-state index contributed by atoms with van der Waals surface area (Å²) in [5.41, 5.74) is 3.89. The first kappa shape index (κ1) is 20.9. The zero-order valence-electron chi connectivity index (χ0n) is 17.2. The number of rotatable bonds is 8. The Morgan fingerprint density at radius 2 is 1.94 bits per heavy atom. The van der Waals surface area contributed by atoms with Crippen LogP contribution in [-0.2, 0) is 6.42 Å². The molecule has 0 unspecified atom stereocenters. The lowest BCUT2D eigenvalue weighted by molar-refractivity contribution is 0.628. The minimum atomic E-state index is -0.325. The summed E-state index contributed by atoms with van der Waals surface area (Å²) in [6.07, 6.45) is 3.79. The fourth-order valence-electron chi connectivity index (χ4n) is 3.40. The van der Waals surface area contributed by atoms with Gasteiger partial charge in [-0.3, -0.25) is 0 Å². The summed E-state index contributed by atoms with van der Waals surface area (Å²) in [6, 6.07) is 16.5. The van der Waals surface area contributed by atoms with Crippen LogP contribution in [0.1, 0.15) is 24.5 Å². The van der Waals surface area contributed by atoms with Crippen molar-refractivity contribution in [3.8, 4) is 17.3 Å². The Balaban J connectivity index is 1.62. The molecular formula is C24H22FN5S. The summed E-state index contributed by atoms with van der Waals surface area (Å²) in [7, 11) is 0. The average Bonchev–Trinajstić information content (AvgIpc) is 3.21. The van der Waals surface area contributed by atoms with Crippen molar-refractivity contribution in [2.75, 3.05) is 17.6 Å². The Morgan fingerprint density at radius 1 is 1.13 bits per heavy atom. The van der Waals surface area contributed by atoms with E-state index in [0.29, 0.717) is 34.3 Å². The van der Waals surface area contributed by atoms with Crippen LogP contribution < -0.4 is 5.32 Å². The molecule has 2 N–H and O–H groups in total. The van der Waals surface area contributed by atoms with Crippen molar-refractivity contribution in [3.05, 3.63) is 71.7 Å². The maximum atomic E-state index is 13.4. The largest absolute Gasteiger partial charge is 0.368 e. The molecule has 0 aliphatic carbocycles. The molecule has 0 spiro atoms. The van der Waals surface area contributed by atoms with E-state index in [1.807, 2.05) is 18.3 Å². The average molecular weight is 432 g/mol. The van der Waals surface area contributed by atoms with Crippen molar-refractivity contribution in [2.24, 2.45) is 0 Å². The maximum absolute atomic E-state index is 13.4. The van der Waals surface area contributed by atoms with E-state index >= 15 is 0 Å². The van der Waals surface area contributed by atoms with Crippen LogP contribution >= 0.6 is 11.8 Å². The number of hydrogen-bond acceptors (Lipinski definition) is 5. The monoisotopic (exact) mass is 431 g/mol. The third-order valence-corrected chi connectivity index (χ3v) is 5.97. The lowest BCUT2D eigenvalue weighted by Gasteiger charge is -2.13. The van der Waals surface area contributed by atoms with Crippen LogP contribution in [0.15, 0.2) is 59.9 Å². The molecule has 0 saturated carbocycles. The molecule has 156 valence electrons. The summed E-state index contributed by atoms with van der Waals surface area (Å²) in [5.74, 6) is 1.06. The molecule has 31 heavy (non-hydrogen) atoms. The second kappa shape index (κ2) is 9.63. The number of anilines is 1. The van der Waals surface area contributed by atoms with Crippen LogP contribution in [-0.4, -0.2) is 27.2 Å². The predicted octanol–water partition coefficient (Wildman–Crippen LogP) is 5.79. The first-order valence-electron chi connectivity index (χ1n) is 10.2. The number of aromatic amines is 1. The molecule has 0 amide bonds. The molecule has 0 radical (unpaired) electrons. The smallest absolute Gasteiger partial charge is 0.190 e. The van der Waals surface area contributed by atoms with Gasteiger partial charge in [-0.2, -0.15) is 5.26 Å². The molecule has 0 saturated heterocycles. The number of H-pyrrole nitrogens is 1. The van der Waals surface area contributed by atoms with Crippen molar-refractivity contribution in [1.82, 2.24) is 15.0 Å². The first-order chi connectivity index (χ1) is 15.2. The van der Waals surface area contributed by atoms with Gasteiger partial charge in [0.25, 0.3) is 0 Å². The van der Waals surface area contributed by atoms with E-state index in [2.05, 4.69) is 45.4 Å². The molecule has 7 heteroatoms. The normalized spacial score (nSPS) is 10.9. The number of nitriles is 1. The number of nitrogens with zero attached hydrogens (tertiary/aromatic N) is 3. The molecule has 2 heterocycles. The van der Waals surface area contributed by atoms with Gasteiger partial charge >= 0.3 is 0 Å². The topological polar surface area (TPSA) is 77.4 Å². The number of hydrogen-bond donors (Lipinski definition) is 2. The van der Waals surface area contributed by atoms with E-state index in [0.717, 1.165) is 24.1 Å². The van der Waals surface area contributed by atoms with Crippen LogP contribution in [0.25, 0.3) is 22.2 Å². The van der Waals surface area contributed by atoms with E-state index in [9.17, 15) is 9.65 Å². The number of aromatic nitrogens is 3. The third kappa shape index (κ3) is 4.70. The van der Waals surface area contributed by atoms with Gasteiger partial charge in [0.15, 0.2) is 5.16 Å². The second-order valence-electron chi connectivity index (χ2n) is 7.08. The van der Waals surface area contributed by atoms with E-state index in [1.165, 1.54) is 23.1 Å². The highest BCUT2D eigenvalue weighted by molar-refractivity contribution is 7.99. The molecule has 0 aliphatic heterocycles. The number of nitrogens with one attached hydrogen (secondary N) is 2. The standard InChI is InChI=1S/C24H22FN5S/c1-2-13-31-24-29-22(16-7-9-18(25)10-8-16)20(14-26)23(30-24)27-12-11-17-15-28-21-6-4-3-5-19(17)21/h3-10,15,28H,2,11-13H2,1H3,(H,27,29,30). The molecule has 0 atom stereocenters. The fraction of sp³-hybridized carbons (Fsp3) is 0.208. The number of benzene rings is 2. The molecule has 2 aromatic carbocycles. The van der Waals surface area contributed by atoms with Crippen molar-refractivity contribution in [3.63, 3.8) is 0 Å². The first-order valence-corrected chi connectivity index (χ1v) is 11.2. The van der Waals surface area contributed by atoms with Gasteiger partial charge in [-0.25, -0.2) is 14.4 Å². The Labute approximate surface area is 184 Å².